The molecule has 0 saturated carbocycles. The Labute approximate surface area is 127 Å². The number of hydrogen-bond acceptors (Lipinski definition) is 3. The molecule has 1 fully saturated rings. The van der Waals surface area contributed by atoms with Crippen molar-refractivity contribution in [3.63, 3.8) is 0 Å². The molecule has 1 aliphatic heterocycles. The minimum Gasteiger partial charge on any atom is -0.207 e. The molecule has 1 heterocycles. The summed E-state index contributed by atoms with van der Waals surface area (Å²) in [5.74, 6) is 0.381. The molecule has 1 saturated heterocycles. The van der Waals surface area contributed by atoms with Gasteiger partial charge < -0.3 is 0 Å². The number of rotatable bonds is 2. The van der Waals surface area contributed by atoms with Crippen LogP contribution >= 0.6 is 0 Å². The SMILES string of the molecule is Cc1cc(C#N)ccc1S(=O)(=O)N1CCC(C(C)(C)C)C1. The van der Waals surface area contributed by atoms with E-state index in [1.165, 1.54) is 0 Å². The Hall–Kier alpha value is -1.38. The average molecular weight is 306 g/mol. The highest BCUT2D eigenvalue weighted by Crippen LogP contribution is 2.36. The van der Waals surface area contributed by atoms with Gasteiger partial charge in [0.1, 0.15) is 0 Å². The molecule has 1 unspecified atom stereocenters. The van der Waals surface area contributed by atoms with Gasteiger partial charge in [-0.25, -0.2) is 8.42 Å². The van der Waals surface area contributed by atoms with Gasteiger partial charge in [0.05, 0.1) is 16.5 Å². The van der Waals surface area contributed by atoms with E-state index in [0.717, 1.165) is 6.42 Å². The van der Waals surface area contributed by atoms with Crippen molar-refractivity contribution in [2.24, 2.45) is 11.3 Å². The third-order valence-corrected chi connectivity index (χ3v) is 6.32. The van der Waals surface area contributed by atoms with Crippen molar-refractivity contribution < 1.29 is 8.42 Å². The Balaban J connectivity index is 2.30. The Morgan fingerprint density at radius 2 is 2.00 bits per heavy atom. The maximum Gasteiger partial charge on any atom is 0.243 e. The summed E-state index contributed by atoms with van der Waals surface area (Å²) in [6.07, 6.45) is 0.901. The molecule has 1 atom stereocenters. The first-order valence-corrected chi connectivity index (χ1v) is 8.61. The normalized spacial score (nSPS) is 20.4. The van der Waals surface area contributed by atoms with Crippen molar-refractivity contribution in [1.29, 1.82) is 5.26 Å². The van der Waals surface area contributed by atoms with Gasteiger partial charge >= 0.3 is 0 Å². The standard InChI is InChI=1S/C16H22N2O2S/c1-12-9-13(10-17)5-6-15(12)21(19,20)18-8-7-14(11-18)16(2,3)4/h5-6,9,14H,7-8,11H2,1-4H3. The lowest BCUT2D eigenvalue weighted by atomic mass is 9.80. The fourth-order valence-corrected chi connectivity index (χ4v) is 4.51. The maximum atomic E-state index is 12.8. The highest BCUT2D eigenvalue weighted by atomic mass is 32.2. The van der Waals surface area contributed by atoms with Crippen LogP contribution in [0.25, 0.3) is 0 Å². The topological polar surface area (TPSA) is 61.2 Å². The first-order chi connectivity index (χ1) is 9.66. The molecule has 1 aromatic carbocycles. The lowest BCUT2D eigenvalue weighted by Crippen LogP contribution is -2.31. The van der Waals surface area contributed by atoms with Crippen LogP contribution in [0.4, 0.5) is 0 Å². The van der Waals surface area contributed by atoms with Crippen LogP contribution in [0.3, 0.4) is 0 Å². The zero-order valence-corrected chi connectivity index (χ0v) is 13.9. The molecule has 1 aliphatic rings. The van der Waals surface area contributed by atoms with Crippen LogP contribution < -0.4 is 0 Å². The summed E-state index contributed by atoms with van der Waals surface area (Å²) >= 11 is 0. The van der Waals surface area contributed by atoms with Crippen molar-refractivity contribution >= 4 is 10.0 Å². The van der Waals surface area contributed by atoms with E-state index in [4.69, 9.17) is 5.26 Å². The molecular weight excluding hydrogens is 284 g/mol. The monoisotopic (exact) mass is 306 g/mol. The van der Waals surface area contributed by atoms with Gasteiger partial charge in [-0.2, -0.15) is 9.57 Å². The first-order valence-electron chi connectivity index (χ1n) is 7.17. The van der Waals surface area contributed by atoms with Crippen LogP contribution in [0, 0.1) is 29.6 Å². The smallest absolute Gasteiger partial charge is 0.207 e. The van der Waals surface area contributed by atoms with Crippen LogP contribution in [0.5, 0.6) is 0 Å². The highest BCUT2D eigenvalue weighted by Gasteiger charge is 2.38. The van der Waals surface area contributed by atoms with Gasteiger partial charge in [0, 0.05) is 13.1 Å². The van der Waals surface area contributed by atoms with Gasteiger partial charge in [-0.1, -0.05) is 20.8 Å². The molecule has 0 aromatic heterocycles. The van der Waals surface area contributed by atoms with Crippen LogP contribution in [0.15, 0.2) is 23.1 Å². The maximum absolute atomic E-state index is 12.8. The fraction of sp³-hybridized carbons (Fsp3) is 0.562. The van der Waals surface area contributed by atoms with E-state index in [9.17, 15) is 8.42 Å². The number of nitriles is 1. The van der Waals surface area contributed by atoms with E-state index in [1.807, 2.05) is 6.07 Å². The Bertz CT molecular complexity index is 681. The molecule has 0 amide bonds. The minimum absolute atomic E-state index is 0.115. The lowest BCUT2D eigenvalue weighted by molar-refractivity contribution is 0.252. The summed E-state index contributed by atoms with van der Waals surface area (Å²) in [4.78, 5) is 0.316. The largest absolute Gasteiger partial charge is 0.243 e. The molecule has 114 valence electrons. The van der Waals surface area contributed by atoms with Gasteiger partial charge in [0.15, 0.2) is 0 Å². The third-order valence-electron chi connectivity index (χ3n) is 4.30. The van der Waals surface area contributed by atoms with Crippen molar-refractivity contribution in [2.45, 2.75) is 39.0 Å². The van der Waals surface area contributed by atoms with Crippen LogP contribution in [-0.4, -0.2) is 25.8 Å². The Morgan fingerprint density at radius 3 is 2.48 bits per heavy atom. The highest BCUT2D eigenvalue weighted by molar-refractivity contribution is 7.89. The van der Waals surface area contributed by atoms with Crippen LogP contribution in [0.1, 0.15) is 38.3 Å². The second kappa shape index (κ2) is 5.43. The molecular formula is C16H22N2O2S. The summed E-state index contributed by atoms with van der Waals surface area (Å²) in [6, 6.07) is 6.78. The third kappa shape index (κ3) is 3.12. The number of benzene rings is 1. The molecule has 1 aromatic rings. The molecule has 0 radical (unpaired) electrons. The summed E-state index contributed by atoms with van der Waals surface area (Å²) in [5.41, 5.74) is 1.23. The molecule has 2 rings (SSSR count). The van der Waals surface area contributed by atoms with Crippen molar-refractivity contribution in [1.82, 2.24) is 4.31 Å². The predicted octanol–water partition coefficient (Wildman–Crippen LogP) is 2.92. The number of nitrogens with zero attached hydrogens (tertiary/aromatic N) is 2. The average Bonchev–Trinajstić information content (AvgIpc) is 2.88. The zero-order chi connectivity index (χ0) is 15.8. The molecule has 0 N–H and O–H groups in total. The van der Waals surface area contributed by atoms with E-state index < -0.39 is 10.0 Å². The molecule has 0 aliphatic carbocycles. The van der Waals surface area contributed by atoms with Crippen LogP contribution in [0.2, 0.25) is 0 Å². The van der Waals surface area contributed by atoms with Gasteiger partial charge in [-0.15, -0.1) is 0 Å². The molecule has 4 nitrogen and oxygen atoms in total. The lowest BCUT2D eigenvalue weighted by Gasteiger charge is -2.27. The summed E-state index contributed by atoms with van der Waals surface area (Å²) in [6.45, 7) is 9.35. The van der Waals surface area contributed by atoms with Crippen LogP contribution in [-0.2, 0) is 10.0 Å². The van der Waals surface area contributed by atoms with Crippen molar-refractivity contribution in [2.75, 3.05) is 13.1 Å². The van der Waals surface area contributed by atoms with Gasteiger partial charge in [0.25, 0.3) is 0 Å². The zero-order valence-electron chi connectivity index (χ0n) is 13.0. The number of sulfonamides is 1. The Morgan fingerprint density at radius 1 is 1.33 bits per heavy atom. The molecule has 21 heavy (non-hydrogen) atoms. The van der Waals surface area contributed by atoms with E-state index in [2.05, 4.69) is 20.8 Å². The summed E-state index contributed by atoms with van der Waals surface area (Å²) in [7, 11) is -3.46. The molecule has 5 heteroatoms. The van der Waals surface area contributed by atoms with E-state index >= 15 is 0 Å². The summed E-state index contributed by atoms with van der Waals surface area (Å²) < 4.78 is 27.1. The quantitative estimate of drug-likeness (QED) is 0.844. The first kappa shape index (κ1) is 16.0. The number of hydrogen-bond donors (Lipinski definition) is 0. The van der Waals surface area contributed by atoms with E-state index in [0.29, 0.717) is 35.0 Å². The second-order valence-electron chi connectivity index (χ2n) is 6.81. The van der Waals surface area contributed by atoms with E-state index in [-0.39, 0.29) is 5.41 Å². The van der Waals surface area contributed by atoms with Gasteiger partial charge in [0.2, 0.25) is 10.0 Å². The second-order valence-corrected chi connectivity index (χ2v) is 8.71. The predicted molar refractivity (Wildman–Crippen MR) is 82.2 cm³/mol. The molecule has 0 spiro atoms. The van der Waals surface area contributed by atoms with Crippen molar-refractivity contribution in [3.05, 3.63) is 29.3 Å². The van der Waals surface area contributed by atoms with Gasteiger partial charge in [-0.3, -0.25) is 0 Å². The fourth-order valence-electron chi connectivity index (χ4n) is 2.80. The van der Waals surface area contributed by atoms with Gasteiger partial charge in [-0.05, 0) is 48.4 Å². The van der Waals surface area contributed by atoms with E-state index in [1.54, 1.807) is 29.4 Å². The minimum atomic E-state index is -3.46. The number of aryl methyl sites for hydroxylation is 1. The van der Waals surface area contributed by atoms with Crippen molar-refractivity contribution in [3.8, 4) is 6.07 Å². The molecule has 0 bridgehead atoms. The Kier molecular flexibility index (Phi) is 4.14. The summed E-state index contributed by atoms with van der Waals surface area (Å²) in [5, 5.41) is 8.88.